The second-order valence-electron chi connectivity index (χ2n) is 20.5. The highest BCUT2D eigenvalue weighted by Gasteiger charge is 2.39. The summed E-state index contributed by atoms with van der Waals surface area (Å²) in [6.07, 6.45) is 0. The van der Waals surface area contributed by atoms with Gasteiger partial charge in [0.1, 0.15) is 0 Å². The van der Waals surface area contributed by atoms with Crippen molar-refractivity contribution in [2.75, 3.05) is 4.90 Å². The molecule has 0 aliphatic heterocycles. The summed E-state index contributed by atoms with van der Waals surface area (Å²) in [4.78, 5) is 17.4. The Bertz CT molecular complexity index is 2160. The van der Waals surface area contributed by atoms with Gasteiger partial charge in [-0.2, -0.15) is 0 Å². The van der Waals surface area contributed by atoms with Crippen LogP contribution in [0.5, 0.6) is 0 Å². The number of rotatable bonds is 12. The fraction of sp³-hybridized carbons (Fsp3) is 0.438. The third kappa shape index (κ3) is 9.64. The summed E-state index contributed by atoms with van der Waals surface area (Å²) in [5, 5.41) is 3.64. The molecular weight excluding hydrogens is 765 g/mol. The fourth-order valence-electron chi connectivity index (χ4n) is 5.98. The Morgan fingerprint density at radius 1 is 0.397 bits per heavy atom. The van der Waals surface area contributed by atoms with Crippen molar-refractivity contribution < 1.29 is 13.3 Å². The molecule has 0 aliphatic rings. The second kappa shape index (κ2) is 16.0. The van der Waals surface area contributed by atoms with Crippen LogP contribution in [0.2, 0.25) is 54.4 Å². The van der Waals surface area contributed by atoms with Gasteiger partial charge in [-0.1, -0.05) is 80.5 Å². The highest BCUT2D eigenvalue weighted by atomic mass is 28.4. The van der Waals surface area contributed by atoms with Gasteiger partial charge in [0.2, 0.25) is 0 Å². The summed E-state index contributed by atoms with van der Waals surface area (Å²) in [5.41, 5.74) is 8.83. The van der Waals surface area contributed by atoms with E-state index in [1.165, 1.54) is 0 Å². The molecule has 3 aromatic carbocycles. The molecule has 58 heavy (non-hydrogen) atoms. The Balaban J connectivity index is 1.35. The third-order valence-electron chi connectivity index (χ3n) is 13.1. The molecule has 0 saturated carbocycles. The summed E-state index contributed by atoms with van der Waals surface area (Å²) < 4.78 is 19.6. The SMILES string of the molecule is CC(C)(C)[Si](C)(C)OCc1ccc2cc(N(c3ccc4nc(CO[Si](C)(C)C(C)(C)C)ccc4c3)c3ccc4nc(CO[Si](C)(C)C(C)(C)C)ccc4c3)ccc2n1. The molecule has 7 nitrogen and oxygen atoms in total. The second-order valence-corrected chi connectivity index (χ2v) is 34.9. The van der Waals surface area contributed by atoms with Gasteiger partial charge in [0.15, 0.2) is 25.0 Å². The maximum absolute atomic E-state index is 6.52. The molecule has 0 spiro atoms. The number of aromatic nitrogens is 3. The van der Waals surface area contributed by atoms with Crippen LogP contribution in [-0.4, -0.2) is 39.9 Å². The zero-order valence-corrected chi connectivity index (χ0v) is 40.8. The van der Waals surface area contributed by atoms with E-state index in [9.17, 15) is 0 Å². The van der Waals surface area contributed by atoms with Gasteiger partial charge in [0.25, 0.3) is 0 Å². The van der Waals surface area contributed by atoms with E-state index in [1.807, 2.05) is 0 Å². The minimum absolute atomic E-state index is 0.142. The minimum atomic E-state index is -1.90. The van der Waals surface area contributed by atoms with Gasteiger partial charge in [-0.25, -0.2) is 0 Å². The van der Waals surface area contributed by atoms with Crippen LogP contribution in [0.4, 0.5) is 17.1 Å². The average Bonchev–Trinajstić information content (AvgIpc) is 3.14. The van der Waals surface area contributed by atoms with Crippen molar-refractivity contribution in [3.63, 3.8) is 0 Å². The topological polar surface area (TPSA) is 69.6 Å². The van der Waals surface area contributed by atoms with Gasteiger partial charge >= 0.3 is 0 Å². The van der Waals surface area contributed by atoms with Crippen LogP contribution in [-0.2, 0) is 33.1 Å². The Hall–Kier alpha value is -3.78. The van der Waals surface area contributed by atoms with Crippen LogP contribution < -0.4 is 4.90 Å². The number of hydrogen-bond donors (Lipinski definition) is 0. The number of fused-ring (bicyclic) bond motifs is 3. The van der Waals surface area contributed by atoms with Crippen molar-refractivity contribution in [2.24, 2.45) is 0 Å². The molecule has 3 aromatic heterocycles. The molecule has 3 heterocycles. The highest BCUT2D eigenvalue weighted by molar-refractivity contribution is 6.74. The van der Waals surface area contributed by atoms with Gasteiger partial charge in [0, 0.05) is 33.2 Å². The first-order valence-corrected chi connectivity index (χ1v) is 29.5. The summed E-state index contributed by atoms with van der Waals surface area (Å²) >= 11 is 0. The Kier molecular flexibility index (Phi) is 12.1. The summed E-state index contributed by atoms with van der Waals surface area (Å²) in [7, 11) is -5.71. The lowest BCUT2D eigenvalue weighted by atomic mass is 10.1. The first-order valence-electron chi connectivity index (χ1n) is 20.7. The molecule has 0 amide bonds. The van der Waals surface area contributed by atoms with E-state index in [2.05, 4.69) is 197 Å². The van der Waals surface area contributed by atoms with Gasteiger partial charge < -0.3 is 18.2 Å². The molecule has 0 atom stereocenters. The maximum Gasteiger partial charge on any atom is 0.192 e. The van der Waals surface area contributed by atoms with E-state index in [1.54, 1.807) is 0 Å². The first-order chi connectivity index (χ1) is 26.8. The van der Waals surface area contributed by atoms with Crippen LogP contribution in [0.15, 0.2) is 91.0 Å². The van der Waals surface area contributed by atoms with Gasteiger partial charge in [0.05, 0.1) is 53.5 Å². The monoisotopic (exact) mass is 830 g/mol. The normalized spacial score (nSPS) is 13.5. The van der Waals surface area contributed by atoms with Gasteiger partial charge in [-0.3, -0.25) is 15.0 Å². The van der Waals surface area contributed by atoms with Crippen LogP contribution >= 0.6 is 0 Å². The molecule has 0 unspecified atom stereocenters. The van der Waals surface area contributed by atoms with E-state index in [4.69, 9.17) is 28.2 Å². The molecule has 6 aromatic rings. The average molecular weight is 831 g/mol. The predicted molar refractivity (Wildman–Crippen MR) is 253 cm³/mol. The van der Waals surface area contributed by atoms with Crippen LogP contribution in [0.3, 0.4) is 0 Å². The van der Waals surface area contributed by atoms with Crippen molar-refractivity contribution in [1.29, 1.82) is 0 Å². The lowest BCUT2D eigenvalue weighted by molar-refractivity contribution is 0.272. The standard InChI is InChI=1S/C48H66N4O3Si3/c1-46(2,3)56(10,11)53-31-37-19-16-34-28-40(22-25-43(34)49-37)52(41-23-26-44-35(29-41)17-20-38(50-44)32-54-57(12,13)47(4,5)6)42-24-27-45-36(30-42)18-21-39(51-45)33-55-58(14,15)48(7,8)9/h16-30H,31-33H2,1-15H3. The van der Waals surface area contributed by atoms with E-state index < -0.39 is 25.0 Å². The highest BCUT2D eigenvalue weighted by Crippen LogP contribution is 2.41. The zero-order valence-electron chi connectivity index (χ0n) is 37.8. The molecule has 0 radical (unpaired) electrons. The third-order valence-corrected chi connectivity index (χ3v) is 26.6. The van der Waals surface area contributed by atoms with Gasteiger partial charge in [-0.15, -0.1) is 0 Å². The van der Waals surface area contributed by atoms with Crippen LogP contribution in [0.1, 0.15) is 79.4 Å². The van der Waals surface area contributed by atoms with Gasteiger partial charge in [-0.05, 0) is 127 Å². The summed E-state index contributed by atoms with van der Waals surface area (Å²) in [6.45, 7) is 35.7. The van der Waals surface area contributed by atoms with E-state index in [0.29, 0.717) is 19.8 Å². The molecular formula is C48H66N4O3Si3. The summed E-state index contributed by atoms with van der Waals surface area (Å²) in [5.74, 6) is 0. The van der Waals surface area contributed by atoms with Crippen molar-refractivity contribution in [3.05, 3.63) is 108 Å². The number of pyridine rings is 3. The van der Waals surface area contributed by atoms with Crippen molar-refractivity contribution in [1.82, 2.24) is 15.0 Å². The minimum Gasteiger partial charge on any atom is -0.411 e. The fourth-order valence-corrected chi connectivity index (χ4v) is 8.81. The molecule has 0 saturated heterocycles. The number of anilines is 3. The Labute approximate surface area is 351 Å². The molecule has 308 valence electrons. The molecule has 6 rings (SSSR count). The molecule has 10 heteroatoms. The Morgan fingerprint density at radius 2 is 0.655 bits per heavy atom. The van der Waals surface area contributed by atoms with Crippen LogP contribution in [0, 0.1) is 0 Å². The van der Waals surface area contributed by atoms with Crippen molar-refractivity contribution in [3.8, 4) is 0 Å². The zero-order chi connectivity index (χ0) is 42.5. The number of nitrogens with zero attached hydrogens (tertiary/aromatic N) is 4. The predicted octanol–water partition coefficient (Wildman–Crippen LogP) is 14.4. The first kappa shape index (κ1) is 43.8. The summed E-state index contributed by atoms with van der Waals surface area (Å²) in [6, 6.07) is 32.4. The molecule has 0 bridgehead atoms. The quantitative estimate of drug-likeness (QED) is 0.114. The molecule has 0 N–H and O–H groups in total. The van der Waals surface area contributed by atoms with Crippen LogP contribution in [0.25, 0.3) is 32.7 Å². The van der Waals surface area contributed by atoms with Crippen molar-refractivity contribution in [2.45, 2.75) is 137 Å². The van der Waals surface area contributed by atoms with E-state index in [-0.39, 0.29) is 15.1 Å². The largest absolute Gasteiger partial charge is 0.411 e. The lowest BCUT2D eigenvalue weighted by Gasteiger charge is -2.36. The molecule has 0 aliphatic carbocycles. The number of benzene rings is 3. The maximum atomic E-state index is 6.52. The number of hydrogen-bond acceptors (Lipinski definition) is 7. The van der Waals surface area contributed by atoms with E-state index >= 15 is 0 Å². The Morgan fingerprint density at radius 3 is 0.897 bits per heavy atom. The van der Waals surface area contributed by atoms with Crippen molar-refractivity contribution >= 4 is 74.7 Å². The smallest absolute Gasteiger partial charge is 0.192 e. The molecule has 0 fully saturated rings. The van der Waals surface area contributed by atoms with E-state index in [0.717, 1.165) is 66.9 Å². The lowest BCUT2D eigenvalue weighted by Crippen LogP contribution is -2.40.